The van der Waals surface area contributed by atoms with Crippen LogP contribution in [-0.4, -0.2) is 17.3 Å². The summed E-state index contributed by atoms with van der Waals surface area (Å²) in [5.41, 5.74) is 6.60. The minimum absolute atomic E-state index is 0.183. The molecule has 0 bridgehead atoms. The summed E-state index contributed by atoms with van der Waals surface area (Å²) >= 11 is 0. The van der Waals surface area contributed by atoms with Crippen molar-refractivity contribution in [3.8, 4) is 5.75 Å². The van der Waals surface area contributed by atoms with Gasteiger partial charge in [0.1, 0.15) is 0 Å². The van der Waals surface area contributed by atoms with E-state index in [9.17, 15) is 4.39 Å². The van der Waals surface area contributed by atoms with Crippen molar-refractivity contribution in [2.24, 2.45) is 5.73 Å². The van der Waals surface area contributed by atoms with Gasteiger partial charge in [0.15, 0.2) is 17.4 Å². The lowest BCUT2D eigenvalue weighted by atomic mass is 10.1. The quantitative estimate of drug-likeness (QED) is 0.914. The summed E-state index contributed by atoms with van der Waals surface area (Å²) in [6.45, 7) is 0. The van der Waals surface area contributed by atoms with Crippen LogP contribution in [0.2, 0.25) is 0 Å². The molecule has 1 aliphatic rings. The van der Waals surface area contributed by atoms with Crippen LogP contribution in [0.1, 0.15) is 42.1 Å². The van der Waals surface area contributed by atoms with Crippen molar-refractivity contribution in [2.45, 2.75) is 24.8 Å². The number of halogens is 1. The fourth-order valence-electron chi connectivity index (χ4n) is 1.89. The molecule has 1 aromatic carbocycles. The number of nitrogens with two attached hydrogens (primary N) is 1. The van der Waals surface area contributed by atoms with Crippen molar-refractivity contribution < 1.29 is 13.7 Å². The van der Waals surface area contributed by atoms with Crippen molar-refractivity contribution in [3.05, 3.63) is 41.3 Å². The van der Waals surface area contributed by atoms with Gasteiger partial charge in [0.25, 0.3) is 0 Å². The van der Waals surface area contributed by atoms with Gasteiger partial charge in [-0.3, -0.25) is 0 Å². The van der Waals surface area contributed by atoms with E-state index < -0.39 is 11.9 Å². The van der Waals surface area contributed by atoms with Crippen LogP contribution in [0.3, 0.4) is 0 Å². The van der Waals surface area contributed by atoms with E-state index in [1.807, 2.05) is 0 Å². The maximum Gasteiger partial charge on any atom is 0.229 e. The Labute approximate surface area is 109 Å². The molecule has 2 N–H and O–H groups in total. The topological polar surface area (TPSA) is 74.2 Å². The Morgan fingerprint density at radius 3 is 2.89 bits per heavy atom. The second kappa shape index (κ2) is 4.62. The van der Waals surface area contributed by atoms with Gasteiger partial charge in [-0.05, 0) is 30.5 Å². The zero-order chi connectivity index (χ0) is 13.4. The zero-order valence-corrected chi connectivity index (χ0v) is 10.5. The second-order valence-corrected chi connectivity index (χ2v) is 4.64. The lowest BCUT2D eigenvalue weighted by Crippen LogP contribution is -2.14. The monoisotopic (exact) mass is 263 g/mol. The summed E-state index contributed by atoms with van der Waals surface area (Å²) in [5.74, 6) is 1.11. The molecule has 1 atom stereocenters. The summed E-state index contributed by atoms with van der Waals surface area (Å²) in [6.07, 6.45) is 2.15. The van der Waals surface area contributed by atoms with Gasteiger partial charge >= 0.3 is 0 Å². The van der Waals surface area contributed by atoms with E-state index in [0.717, 1.165) is 12.8 Å². The molecule has 0 aliphatic heterocycles. The van der Waals surface area contributed by atoms with Gasteiger partial charge in [-0.25, -0.2) is 4.39 Å². The first-order chi connectivity index (χ1) is 9.19. The molecular weight excluding hydrogens is 249 g/mol. The first-order valence-electron chi connectivity index (χ1n) is 6.11. The van der Waals surface area contributed by atoms with Crippen LogP contribution in [0.5, 0.6) is 5.75 Å². The largest absolute Gasteiger partial charge is 0.494 e. The van der Waals surface area contributed by atoms with Crippen molar-refractivity contribution in [3.63, 3.8) is 0 Å². The van der Waals surface area contributed by atoms with Crippen molar-refractivity contribution >= 4 is 0 Å². The molecule has 100 valence electrons. The molecule has 1 saturated carbocycles. The van der Waals surface area contributed by atoms with E-state index in [1.165, 1.54) is 19.2 Å². The molecule has 3 rings (SSSR count). The number of ether oxygens (including phenoxy) is 1. The van der Waals surface area contributed by atoms with Crippen LogP contribution in [0.15, 0.2) is 22.7 Å². The standard InChI is InChI=1S/C13H14FN3O2/c1-18-10-5-4-8(6-9(10)14)11(15)12-16-13(19-17-12)7-2-3-7/h4-7,11H,2-3,15H2,1H3. The Morgan fingerprint density at radius 2 is 2.26 bits per heavy atom. The Morgan fingerprint density at radius 1 is 1.47 bits per heavy atom. The molecule has 0 radical (unpaired) electrons. The summed E-state index contributed by atoms with van der Waals surface area (Å²) in [6, 6.07) is 3.96. The lowest BCUT2D eigenvalue weighted by molar-refractivity contribution is 0.372. The molecule has 1 unspecified atom stereocenters. The Kier molecular flexibility index (Phi) is 2.94. The van der Waals surface area contributed by atoms with Crippen LogP contribution in [-0.2, 0) is 0 Å². The summed E-state index contributed by atoms with van der Waals surface area (Å²) in [4.78, 5) is 4.26. The van der Waals surface area contributed by atoms with Gasteiger partial charge in [0, 0.05) is 5.92 Å². The van der Waals surface area contributed by atoms with Crippen LogP contribution in [0, 0.1) is 5.82 Å². The average Bonchev–Trinajstić information content (AvgIpc) is 3.16. The molecule has 2 aromatic rings. The van der Waals surface area contributed by atoms with E-state index >= 15 is 0 Å². The van der Waals surface area contributed by atoms with E-state index in [-0.39, 0.29) is 5.75 Å². The van der Waals surface area contributed by atoms with Crippen molar-refractivity contribution in [1.82, 2.24) is 10.1 Å². The molecule has 1 fully saturated rings. The number of benzene rings is 1. The highest BCUT2D eigenvalue weighted by Crippen LogP contribution is 2.39. The van der Waals surface area contributed by atoms with Crippen LogP contribution >= 0.6 is 0 Å². The van der Waals surface area contributed by atoms with Gasteiger partial charge in [-0.15, -0.1) is 0 Å². The van der Waals surface area contributed by atoms with Gasteiger partial charge in [-0.1, -0.05) is 11.2 Å². The number of nitrogens with zero attached hydrogens (tertiary/aromatic N) is 2. The molecule has 1 heterocycles. The van der Waals surface area contributed by atoms with E-state index in [2.05, 4.69) is 10.1 Å². The normalized spacial score (nSPS) is 16.4. The highest BCUT2D eigenvalue weighted by Gasteiger charge is 2.30. The molecule has 0 amide bonds. The molecular formula is C13H14FN3O2. The number of hydrogen-bond donors (Lipinski definition) is 1. The predicted molar refractivity (Wildman–Crippen MR) is 65.3 cm³/mol. The number of rotatable bonds is 4. The number of hydrogen-bond acceptors (Lipinski definition) is 5. The molecule has 0 saturated heterocycles. The third kappa shape index (κ3) is 2.31. The van der Waals surface area contributed by atoms with Crippen molar-refractivity contribution in [2.75, 3.05) is 7.11 Å². The smallest absolute Gasteiger partial charge is 0.229 e. The van der Waals surface area contributed by atoms with E-state index in [1.54, 1.807) is 6.07 Å². The minimum Gasteiger partial charge on any atom is -0.494 e. The maximum atomic E-state index is 13.6. The number of aromatic nitrogens is 2. The van der Waals surface area contributed by atoms with Gasteiger partial charge in [0.05, 0.1) is 13.2 Å². The van der Waals surface area contributed by atoms with Gasteiger partial charge in [0.2, 0.25) is 5.89 Å². The first-order valence-corrected chi connectivity index (χ1v) is 6.11. The third-order valence-corrected chi connectivity index (χ3v) is 3.20. The predicted octanol–water partition coefficient (Wildman–Crippen LogP) is 2.14. The molecule has 19 heavy (non-hydrogen) atoms. The van der Waals surface area contributed by atoms with Crippen LogP contribution in [0.25, 0.3) is 0 Å². The fourth-order valence-corrected chi connectivity index (χ4v) is 1.89. The highest BCUT2D eigenvalue weighted by atomic mass is 19.1. The Bertz CT molecular complexity index is 595. The van der Waals surface area contributed by atoms with E-state index in [4.69, 9.17) is 15.0 Å². The zero-order valence-electron chi connectivity index (χ0n) is 10.5. The lowest BCUT2D eigenvalue weighted by Gasteiger charge is -2.09. The summed E-state index contributed by atoms with van der Waals surface area (Å²) in [5, 5.41) is 3.86. The number of methoxy groups -OCH3 is 1. The maximum absolute atomic E-state index is 13.6. The van der Waals surface area contributed by atoms with Crippen molar-refractivity contribution in [1.29, 1.82) is 0 Å². The molecule has 1 aromatic heterocycles. The third-order valence-electron chi connectivity index (χ3n) is 3.20. The SMILES string of the molecule is COc1ccc(C(N)c2noc(C3CC3)n2)cc1F. The highest BCUT2D eigenvalue weighted by molar-refractivity contribution is 5.33. The summed E-state index contributed by atoms with van der Waals surface area (Å²) in [7, 11) is 1.42. The molecule has 5 nitrogen and oxygen atoms in total. The summed E-state index contributed by atoms with van der Waals surface area (Å²) < 4.78 is 23.6. The van der Waals surface area contributed by atoms with E-state index in [0.29, 0.717) is 23.2 Å². The Hall–Kier alpha value is -1.95. The molecule has 1 aliphatic carbocycles. The molecule has 6 heteroatoms. The fraction of sp³-hybridized carbons (Fsp3) is 0.385. The Balaban J connectivity index is 1.85. The van der Waals surface area contributed by atoms with Crippen LogP contribution < -0.4 is 10.5 Å². The second-order valence-electron chi connectivity index (χ2n) is 4.64. The first kappa shape index (κ1) is 12.1. The molecule has 0 spiro atoms. The average molecular weight is 263 g/mol. The van der Waals surface area contributed by atoms with Crippen LogP contribution in [0.4, 0.5) is 4.39 Å². The van der Waals surface area contributed by atoms with Gasteiger partial charge in [-0.2, -0.15) is 4.98 Å². The van der Waals surface area contributed by atoms with Gasteiger partial charge < -0.3 is 15.0 Å². The minimum atomic E-state index is -0.600.